The number of rotatable bonds is 7. The van der Waals surface area contributed by atoms with E-state index in [-0.39, 0.29) is 30.2 Å². The van der Waals surface area contributed by atoms with Crippen LogP contribution in [-0.4, -0.2) is 41.2 Å². The summed E-state index contributed by atoms with van der Waals surface area (Å²) in [5, 5.41) is 15.6. The fourth-order valence-electron chi connectivity index (χ4n) is 2.98. The first kappa shape index (κ1) is 21.1. The van der Waals surface area contributed by atoms with Crippen LogP contribution in [0.15, 0.2) is 39.6 Å². The van der Waals surface area contributed by atoms with Crippen molar-refractivity contribution in [3.05, 3.63) is 52.5 Å². The highest BCUT2D eigenvalue weighted by atomic mass is 32.2. The molecule has 0 unspecified atom stereocenters. The predicted molar refractivity (Wildman–Crippen MR) is 117 cm³/mol. The van der Waals surface area contributed by atoms with Crippen LogP contribution in [0.2, 0.25) is 0 Å². The Bertz CT molecular complexity index is 1300. The minimum atomic E-state index is -0.362. The van der Waals surface area contributed by atoms with Crippen molar-refractivity contribution in [3.63, 3.8) is 0 Å². The molecule has 31 heavy (non-hydrogen) atoms. The number of carbonyl (C=O) groups excluding carboxylic acids is 1. The van der Waals surface area contributed by atoms with E-state index in [1.807, 2.05) is 6.92 Å². The molecule has 3 heterocycles. The number of aromatic nitrogens is 6. The molecule has 0 saturated carbocycles. The molecule has 12 heteroatoms. The predicted octanol–water partition coefficient (Wildman–Crippen LogP) is 3.02. The van der Waals surface area contributed by atoms with Crippen LogP contribution in [0.3, 0.4) is 0 Å². The molecular formula is C19H18FN7O2S2. The highest BCUT2D eigenvalue weighted by molar-refractivity contribution is 8.01. The Morgan fingerprint density at radius 3 is 2.77 bits per heavy atom. The summed E-state index contributed by atoms with van der Waals surface area (Å²) >= 11 is 2.86. The lowest BCUT2D eigenvalue weighted by Gasteiger charge is -2.10. The van der Waals surface area contributed by atoms with Crippen molar-refractivity contribution in [2.45, 2.75) is 31.2 Å². The number of fused-ring (bicyclic) bond motifs is 1. The second-order valence-corrected chi connectivity index (χ2v) is 8.98. The van der Waals surface area contributed by atoms with Crippen molar-refractivity contribution in [1.82, 2.24) is 29.5 Å². The largest absolute Gasteiger partial charge is 0.300 e. The SMILES string of the molecule is CCSc1nnc(NC(=O)CCn2c(C)nc3c(cnn3-c3ccc(F)cc3)c2=O)s1. The Morgan fingerprint density at radius 1 is 1.26 bits per heavy atom. The molecule has 1 amide bonds. The standard InChI is InChI=1S/C19H18FN7O2S2/c1-3-30-19-25-24-18(31-19)23-15(28)8-9-26-11(2)22-16-14(17(26)29)10-21-27(16)13-6-4-12(20)5-7-13/h4-7,10H,3,8-9H2,1-2H3,(H,23,24,28). The smallest absolute Gasteiger partial charge is 0.264 e. The fourth-order valence-corrected chi connectivity index (χ4v) is 4.64. The zero-order valence-electron chi connectivity index (χ0n) is 16.7. The van der Waals surface area contributed by atoms with Crippen LogP contribution in [0.5, 0.6) is 0 Å². The van der Waals surface area contributed by atoms with Gasteiger partial charge in [0.2, 0.25) is 11.0 Å². The van der Waals surface area contributed by atoms with Gasteiger partial charge in [-0.05, 0) is 36.9 Å². The molecule has 0 fully saturated rings. The molecule has 3 aromatic heterocycles. The number of nitrogens with zero attached hydrogens (tertiary/aromatic N) is 6. The van der Waals surface area contributed by atoms with E-state index >= 15 is 0 Å². The molecule has 0 saturated heterocycles. The zero-order valence-corrected chi connectivity index (χ0v) is 18.3. The molecule has 1 N–H and O–H groups in total. The topological polar surface area (TPSA) is 108 Å². The molecular weight excluding hydrogens is 441 g/mol. The highest BCUT2D eigenvalue weighted by Crippen LogP contribution is 2.25. The Labute approximate surface area is 184 Å². The Balaban J connectivity index is 1.52. The normalized spacial score (nSPS) is 11.2. The van der Waals surface area contributed by atoms with Gasteiger partial charge in [0, 0.05) is 13.0 Å². The van der Waals surface area contributed by atoms with Gasteiger partial charge in [-0.15, -0.1) is 10.2 Å². The van der Waals surface area contributed by atoms with E-state index in [4.69, 9.17) is 0 Å². The van der Waals surface area contributed by atoms with Crippen molar-refractivity contribution in [2.24, 2.45) is 0 Å². The van der Waals surface area contributed by atoms with Gasteiger partial charge in [0.25, 0.3) is 5.56 Å². The summed E-state index contributed by atoms with van der Waals surface area (Å²) < 4.78 is 16.9. The molecule has 160 valence electrons. The number of benzene rings is 1. The Hall–Kier alpha value is -3.12. The molecule has 1 aromatic carbocycles. The van der Waals surface area contributed by atoms with E-state index < -0.39 is 0 Å². The summed E-state index contributed by atoms with van der Waals surface area (Å²) in [6, 6.07) is 5.76. The van der Waals surface area contributed by atoms with Crippen molar-refractivity contribution in [1.29, 1.82) is 0 Å². The van der Waals surface area contributed by atoms with Crippen LogP contribution in [0.25, 0.3) is 16.7 Å². The van der Waals surface area contributed by atoms with Gasteiger partial charge in [0.15, 0.2) is 9.99 Å². The maximum absolute atomic E-state index is 13.2. The lowest BCUT2D eigenvalue weighted by Crippen LogP contribution is -2.26. The van der Waals surface area contributed by atoms with Crippen LogP contribution in [0.4, 0.5) is 9.52 Å². The summed E-state index contributed by atoms with van der Waals surface area (Å²) in [5.41, 5.74) is 0.684. The van der Waals surface area contributed by atoms with E-state index in [0.717, 1.165) is 10.1 Å². The highest BCUT2D eigenvalue weighted by Gasteiger charge is 2.15. The van der Waals surface area contributed by atoms with Crippen LogP contribution in [0, 0.1) is 12.7 Å². The average molecular weight is 460 g/mol. The number of halogens is 1. The van der Waals surface area contributed by atoms with Gasteiger partial charge in [-0.2, -0.15) is 5.10 Å². The molecule has 0 aliphatic carbocycles. The third-order valence-corrected chi connectivity index (χ3v) is 6.29. The first-order chi connectivity index (χ1) is 15.0. The molecule has 9 nitrogen and oxygen atoms in total. The summed E-state index contributed by atoms with van der Waals surface area (Å²) in [4.78, 5) is 29.7. The number of thioether (sulfide) groups is 1. The van der Waals surface area contributed by atoms with Crippen LogP contribution in [-0.2, 0) is 11.3 Å². The number of hydrogen-bond acceptors (Lipinski definition) is 8. The summed E-state index contributed by atoms with van der Waals surface area (Å²) in [5.74, 6) is 0.695. The van der Waals surface area contributed by atoms with Crippen molar-refractivity contribution < 1.29 is 9.18 Å². The number of hydrogen-bond donors (Lipinski definition) is 1. The minimum absolute atomic E-state index is 0.0792. The summed E-state index contributed by atoms with van der Waals surface area (Å²) in [7, 11) is 0. The zero-order chi connectivity index (χ0) is 22.0. The maximum Gasteiger partial charge on any atom is 0.264 e. The van der Waals surface area contributed by atoms with Gasteiger partial charge in [-0.25, -0.2) is 14.1 Å². The molecule has 0 aliphatic heterocycles. The molecule has 0 radical (unpaired) electrons. The molecule has 4 rings (SSSR count). The van der Waals surface area contributed by atoms with Gasteiger partial charge in [-0.1, -0.05) is 30.0 Å². The number of carbonyl (C=O) groups is 1. The van der Waals surface area contributed by atoms with E-state index in [0.29, 0.717) is 27.7 Å². The van der Waals surface area contributed by atoms with Gasteiger partial charge < -0.3 is 5.32 Å². The van der Waals surface area contributed by atoms with E-state index in [1.54, 1.807) is 30.8 Å². The summed E-state index contributed by atoms with van der Waals surface area (Å²) in [6.45, 7) is 3.87. The average Bonchev–Trinajstić information content (AvgIpc) is 3.36. The van der Waals surface area contributed by atoms with E-state index in [9.17, 15) is 14.0 Å². The number of aryl methyl sites for hydroxylation is 1. The second kappa shape index (κ2) is 8.94. The second-order valence-electron chi connectivity index (χ2n) is 6.49. The van der Waals surface area contributed by atoms with Crippen molar-refractivity contribution in [2.75, 3.05) is 11.1 Å². The minimum Gasteiger partial charge on any atom is -0.300 e. The van der Waals surface area contributed by atoms with Crippen LogP contribution < -0.4 is 10.9 Å². The quantitative estimate of drug-likeness (QED) is 0.334. The third-order valence-electron chi connectivity index (χ3n) is 4.43. The van der Waals surface area contributed by atoms with Crippen molar-refractivity contribution >= 4 is 45.2 Å². The van der Waals surface area contributed by atoms with E-state index in [1.165, 1.54) is 38.9 Å². The maximum atomic E-state index is 13.2. The summed E-state index contributed by atoms with van der Waals surface area (Å²) in [6.07, 6.45) is 1.51. The number of nitrogens with one attached hydrogen (secondary N) is 1. The van der Waals surface area contributed by atoms with Gasteiger partial charge in [-0.3, -0.25) is 14.2 Å². The molecule has 0 atom stereocenters. The van der Waals surface area contributed by atoms with E-state index in [2.05, 4.69) is 25.6 Å². The van der Waals surface area contributed by atoms with Crippen LogP contribution >= 0.6 is 23.1 Å². The number of amides is 1. The van der Waals surface area contributed by atoms with Gasteiger partial charge >= 0.3 is 0 Å². The molecule has 0 bridgehead atoms. The van der Waals surface area contributed by atoms with Gasteiger partial charge in [0.05, 0.1) is 11.9 Å². The Morgan fingerprint density at radius 2 is 2.03 bits per heavy atom. The lowest BCUT2D eigenvalue weighted by molar-refractivity contribution is -0.116. The molecule has 0 spiro atoms. The fraction of sp³-hybridized carbons (Fsp3) is 0.263. The monoisotopic (exact) mass is 459 g/mol. The lowest BCUT2D eigenvalue weighted by atomic mass is 10.3. The van der Waals surface area contributed by atoms with Crippen molar-refractivity contribution in [3.8, 4) is 5.69 Å². The van der Waals surface area contributed by atoms with Gasteiger partial charge in [0.1, 0.15) is 17.0 Å². The third kappa shape index (κ3) is 4.49. The first-order valence-electron chi connectivity index (χ1n) is 9.43. The Kier molecular flexibility index (Phi) is 6.09. The first-order valence-corrected chi connectivity index (χ1v) is 11.2. The molecule has 4 aromatic rings. The number of anilines is 1. The van der Waals surface area contributed by atoms with Crippen LogP contribution in [0.1, 0.15) is 19.2 Å². The molecule has 0 aliphatic rings.